The van der Waals surface area contributed by atoms with Gasteiger partial charge in [0.25, 0.3) is 0 Å². The number of thiophene rings is 1. The van der Waals surface area contributed by atoms with E-state index in [0.717, 1.165) is 11.3 Å². The molecule has 0 fully saturated rings. The number of carbonyl (C=O) groups is 1. The Balaban J connectivity index is 2.78. The van der Waals surface area contributed by atoms with Crippen LogP contribution in [-0.4, -0.2) is 22.2 Å². The highest BCUT2D eigenvalue weighted by Gasteiger charge is 2.24. The smallest absolute Gasteiger partial charge is 0.249 e. The van der Waals surface area contributed by atoms with Crippen molar-refractivity contribution in [1.29, 1.82) is 0 Å². The first-order valence-electron chi connectivity index (χ1n) is 4.30. The summed E-state index contributed by atoms with van der Waals surface area (Å²) in [4.78, 5) is 12.3. The zero-order chi connectivity index (χ0) is 10.7. The number of primary amides is 1. The summed E-state index contributed by atoms with van der Waals surface area (Å²) in [5, 5.41) is 18.7. The van der Waals surface area contributed by atoms with Crippen molar-refractivity contribution < 1.29 is 15.0 Å². The molecule has 0 spiro atoms. The van der Waals surface area contributed by atoms with E-state index in [9.17, 15) is 15.0 Å². The van der Waals surface area contributed by atoms with Crippen LogP contribution in [-0.2, 0) is 11.2 Å². The van der Waals surface area contributed by atoms with Crippen molar-refractivity contribution in [2.24, 2.45) is 5.73 Å². The van der Waals surface area contributed by atoms with Crippen LogP contribution in [0.1, 0.15) is 22.8 Å². The monoisotopic (exact) mass is 215 g/mol. The number of aliphatic hydroxyl groups excluding tert-OH is 2. The lowest BCUT2D eigenvalue weighted by atomic mass is 10.1. The fraction of sp³-hybridized carbons (Fsp3) is 0.444. The van der Waals surface area contributed by atoms with Crippen LogP contribution in [0.2, 0.25) is 0 Å². The molecule has 14 heavy (non-hydrogen) atoms. The third-order valence-corrected chi connectivity index (χ3v) is 3.21. The fourth-order valence-corrected chi connectivity index (χ4v) is 2.02. The van der Waals surface area contributed by atoms with Gasteiger partial charge in [-0.15, -0.1) is 11.3 Å². The van der Waals surface area contributed by atoms with Gasteiger partial charge in [-0.2, -0.15) is 0 Å². The standard InChI is InChI=1S/C9H13NO3S/c1-2-5-3-4-6(14-5)7(11)8(12)9(10)13/h3-4,7-8,11-12H,2H2,1H3,(H2,10,13). The Morgan fingerprint density at radius 2 is 2.21 bits per heavy atom. The second-order valence-electron chi connectivity index (χ2n) is 2.95. The number of amides is 1. The summed E-state index contributed by atoms with van der Waals surface area (Å²) in [5.41, 5.74) is 4.87. The predicted octanol–water partition coefficient (Wildman–Crippen LogP) is 0.190. The molecule has 1 aromatic rings. The van der Waals surface area contributed by atoms with E-state index in [1.54, 1.807) is 6.07 Å². The Hall–Kier alpha value is -0.910. The summed E-state index contributed by atoms with van der Waals surface area (Å²) in [6.07, 6.45) is -1.87. The quantitative estimate of drug-likeness (QED) is 0.670. The first kappa shape index (κ1) is 11.2. The molecule has 1 aromatic heterocycles. The molecule has 5 heteroatoms. The maximum atomic E-state index is 10.6. The molecule has 78 valence electrons. The molecule has 2 unspecified atom stereocenters. The topological polar surface area (TPSA) is 83.6 Å². The highest BCUT2D eigenvalue weighted by molar-refractivity contribution is 7.12. The van der Waals surface area contributed by atoms with Gasteiger partial charge in [0.05, 0.1) is 0 Å². The summed E-state index contributed by atoms with van der Waals surface area (Å²) in [6.45, 7) is 1.99. The van der Waals surface area contributed by atoms with E-state index in [4.69, 9.17) is 5.73 Å². The van der Waals surface area contributed by atoms with E-state index < -0.39 is 18.1 Å². The number of hydrogen-bond donors (Lipinski definition) is 3. The van der Waals surface area contributed by atoms with Crippen LogP contribution in [0.4, 0.5) is 0 Å². The molecule has 4 N–H and O–H groups in total. The maximum absolute atomic E-state index is 10.6. The van der Waals surface area contributed by atoms with Crippen molar-refractivity contribution in [3.05, 3.63) is 21.9 Å². The maximum Gasteiger partial charge on any atom is 0.249 e. The normalized spacial score (nSPS) is 15.1. The van der Waals surface area contributed by atoms with Crippen molar-refractivity contribution in [2.75, 3.05) is 0 Å². The molecule has 0 aromatic carbocycles. The SMILES string of the molecule is CCc1ccc(C(O)C(O)C(N)=O)s1. The Kier molecular flexibility index (Phi) is 3.62. The van der Waals surface area contributed by atoms with Crippen molar-refractivity contribution in [3.8, 4) is 0 Å². The molecule has 0 bridgehead atoms. The van der Waals surface area contributed by atoms with Crippen LogP contribution >= 0.6 is 11.3 Å². The number of aliphatic hydroxyl groups is 2. The van der Waals surface area contributed by atoms with Gasteiger partial charge in [-0.05, 0) is 18.6 Å². The summed E-state index contributed by atoms with van der Waals surface area (Å²) < 4.78 is 0. The van der Waals surface area contributed by atoms with Crippen molar-refractivity contribution >= 4 is 17.2 Å². The highest BCUT2D eigenvalue weighted by atomic mass is 32.1. The Morgan fingerprint density at radius 1 is 1.57 bits per heavy atom. The van der Waals surface area contributed by atoms with Gasteiger partial charge in [-0.3, -0.25) is 4.79 Å². The molecular formula is C9H13NO3S. The highest BCUT2D eigenvalue weighted by Crippen LogP contribution is 2.25. The number of hydrogen-bond acceptors (Lipinski definition) is 4. The minimum Gasteiger partial charge on any atom is -0.384 e. The minimum absolute atomic E-state index is 0.563. The summed E-state index contributed by atoms with van der Waals surface area (Å²) in [5.74, 6) is -0.913. The van der Waals surface area contributed by atoms with E-state index >= 15 is 0 Å². The fourth-order valence-electron chi connectivity index (χ4n) is 1.05. The third-order valence-electron chi connectivity index (χ3n) is 1.91. The van der Waals surface area contributed by atoms with Gasteiger partial charge < -0.3 is 15.9 Å². The van der Waals surface area contributed by atoms with Gasteiger partial charge in [0.15, 0.2) is 6.10 Å². The average Bonchev–Trinajstić information content (AvgIpc) is 2.63. The van der Waals surface area contributed by atoms with Crippen LogP contribution < -0.4 is 5.73 Å². The predicted molar refractivity (Wildman–Crippen MR) is 53.9 cm³/mol. The molecule has 1 rings (SSSR count). The van der Waals surface area contributed by atoms with Crippen molar-refractivity contribution in [1.82, 2.24) is 0 Å². The Morgan fingerprint density at radius 3 is 2.64 bits per heavy atom. The van der Waals surface area contributed by atoms with Crippen LogP contribution in [0.5, 0.6) is 0 Å². The largest absolute Gasteiger partial charge is 0.384 e. The van der Waals surface area contributed by atoms with Gasteiger partial charge in [0.2, 0.25) is 5.91 Å². The van der Waals surface area contributed by atoms with Crippen molar-refractivity contribution in [3.63, 3.8) is 0 Å². The molecule has 1 amide bonds. The van der Waals surface area contributed by atoms with E-state index in [-0.39, 0.29) is 0 Å². The zero-order valence-electron chi connectivity index (χ0n) is 7.80. The van der Waals surface area contributed by atoms with E-state index in [0.29, 0.717) is 4.88 Å². The molecule has 0 saturated heterocycles. The molecular weight excluding hydrogens is 202 g/mol. The molecule has 0 saturated carbocycles. The molecule has 1 heterocycles. The first-order valence-corrected chi connectivity index (χ1v) is 5.12. The molecule has 0 radical (unpaired) electrons. The Bertz CT molecular complexity index is 324. The average molecular weight is 215 g/mol. The number of rotatable bonds is 4. The number of carbonyl (C=O) groups excluding carboxylic acids is 1. The van der Waals surface area contributed by atoms with Crippen LogP contribution in [0, 0.1) is 0 Å². The molecule has 0 aliphatic rings. The van der Waals surface area contributed by atoms with E-state index in [1.165, 1.54) is 11.3 Å². The van der Waals surface area contributed by atoms with Gasteiger partial charge in [-0.25, -0.2) is 0 Å². The lowest BCUT2D eigenvalue weighted by Gasteiger charge is -2.12. The van der Waals surface area contributed by atoms with E-state index in [1.807, 2.05) is 13.0 Å². The summed E-state index contributed by atoms with van der Waals surface area (Å²) in [6, 6.07) is 3.55. The van der Waals surface area contributed by atoms with Gasteiger partial charge >= 0.3 is 0 Å². The molecule has 2 atom stereocenters. The summed E-state index contributed by atoms with van der Waals surface area (Å²) in [7, 11) is 0. The second kappa shape index (κ2) is 4.54. The minimum atomic E-state index is -1.53. The third kappa shape index (κ3) is 2.31. The van der Waals surface area contributed by atoms with E-state index in [2.05, 4.69) is 0 Å². The zero-order valence-corrected chi connectivity index (χ0v) is 8.62. The number of aryl methyl sites for hydroxylation is 1. The molecule has 0 aliphatic carbocycles. The lowest BCUT2D eigenvalue weighted by molar-refractivity contribution is -0.131. The second-order valence-corrected chi connectivity index (χ2v) is 4.15. The van der Waals surface area contributed by atoms with Gasteiger partial charge in [0.1, 0.15) is 6.10 Å². The van der Waals surface area contributed by atoms with Crippen molar-refractivity contribution in [2.45, 2.75) is 25.6 Å². The Labute approximate surface area is 86.0 Å². The number of nitrogens with two attached hydrogens (primary N) is 1. The van der Waals surface area contributed by atoms with Gasteiger partial charge in [-0.1, -0.05) is 6.92 Å². The van der Waals surface area contributed by atoms with Gasteiger partial charge in [0, 0.05) is 9.75 Å². The molecule has 0 aliphatic heterocycles. The molecule has 4 nitrogen and oxygen atoms in total. The lowest BCUT2D eigenvalue weighted by Crippen LogP contribution is -2.33. The summed E-state index contributed by atoms with van der Waals surface area (Å²) >= 11 is 1.37. The van der Waals surface area contributed by atoms with Crippen LogP contribution in [0.15, 0.2) is 12.1 Å². The van der Waals surface area contributed by atoms with Crippen LogP contribution in [0.3, 0.4) is 0 Å². The first-order chi connectivity index (χ1) is 6.56. The van der Waals surface area contributed by atoms with Crippen LogP contribution in [0.25, 0.3) is 0 Å².